The van der Waals surface area contributed by atoms with Crippen LogP contribution in [-0.4, -0.2) is 40.4 Å². The summed E-state index contributed by atoms with van der Waals surface area (Å²) in [6.45, 7) is 0.448. The number of aliphatic carboxylic acids is 1. The van der Waals surface area contributed by atoms with Gasteiger partial charge in [-0.25, -0.2) is 0 Å². The van der Waals surface area contributed by atoms with Crippen molar-refractivity contribution in [2.75, 3.05) is 6.54 Å². The van der Waals surface area contributed by atoms with E-state index in [1.165, 1.54) is 0 Å². The Kier molecular flexibility index (Phi) is 5.36. The second-order valence-corrected chi connectivity index (χ2v) is 6.96. The summed E-state index contributed by atoms with van der Waals surface area (Å²) in [5, 5.41) is 12.0. The van der Waals surface area contributed by atoms with Crippen molar-refractivity contribution in [3.63, 3.8) is 0 Å². The lowest BCUT2D eigenvalue weighted by Gasteiger charge is -2.24. The number of carboxylic acid groups (broad SMARTS) is 1. The smallest absolute Gasteiger partial charge is 0.305 e. The van der Waals surface area contributed by atoms with Crippen molar-refractivity contribution in [2.45, 2.75) is 50.6 Å². The molecule has 1 heterocycles. The van der Waals surface area contributed by atoms with Gasteiger partial charge in [-0.1, -0.05) is 43.2 Å². The lowest BCUT2D eigenvalue weighted by molar-refractivity contribution is -0.138. The fourth-order valence-corrected chi connectivity index (χ4v) is 3.88. The molecule has 1 aromatic rings. The van der Waals surface area contributed by atoms with Gasteiger partial charge in [-0.2, -0.15) is 0 Å². The van der Waals surface area contributed by atoms with E-state index in [0.29, 0.717) is 6.54 Å². The molecule has 0 aromatic heterocycles. The molecule has 134 valence electrons. The number of hydrogen-bond acceptors (Lipinski definition) is 3. The van der Waals surface area contributed by atoms with Crippen molar-refractivity contribution in [3.05, 3.63) is 35.9 Å². The maximum Gasteiger partial charge on any atom is 0.305 e. The summed E-state index contributed by atoms with van der Waals surface area (Å²) in [6, 6.07) is 8.78. The Morgan fingerprint density at radius 2 is 1.88 bits per heavy atom. The Morgan fingerprint density at radius 1 is 1.20 bits per heavy atom. The van der Waals surface area contributed by atoms with Gasteiger partial charge >= 0.3 is 5.97 Å². The largest absolute Gasteiger partial charge is 0.481 e. The molecule has 0 bridgehead atoms. The van der Waals surface area contributed by atoms with E-state index in [1.54, 1.807) is 12.1 Å². The molecule has 2 atom stereocenters. The van der Waals surface area contributed by atoms with Crippen molar-refractivity contribution in [1.29, 1.82) is 0 Å². The first kappa shape index (κ1) is 17.5. The predicted molar refractivity (Wildman–Crippen MR) is 91.7 cm³/mol. The molecule has 2 N–H and O–H groups in total. The van der Waals surface area contributed by atoms with Crippen molar-refractivity contribution in [3.8, 4) is 0 Å². The van der Waals surface area contributed by atoms with Crippen LogP contribution in [0.2, 0.25) is 0 Å². The number of likely N-dealkylation sites (tertiary alicyclic amines) is 1. The first-order valence-electron chi connectivity index (χ1n) is 8.91. The third kappa shape index (κ3) is 4.18. The van der Waals surface area contributed by atoms with Crippen LogP contribution < -0.4 is 5.32 Å². The highest BCUT2D eigenvalue weighted by atomic mass is 16.4. The lowest BCUT2D eigenvalue weighted by Crippen LogP contribution is -2.38. The molecule has 1 saturated carbocycles. The standard InChI is InChI=1S/C19H24N2O4/c22-17-10-14(12-21(17)15-8-4-5-9-15)19(25)20-16(11-18(23)24)13-6-2-1-3-7-13/h1-3,6-7,14-16H,4-5,8-12H2,(H,20,25)(H,23,24)/t14-,16-/m1/s1. The summed E-state index contributed by atoms with van der Waals surface area (Å²) < 4.78 is 0. The average molecular weight is 344 g/mol. The van der Waals surface area contributed by atoms with Gasteiger partial charge in [-0.3, -0.25) is 14.4 Å². The van der Waals surface area contributed by atoms with E-state index >= 15 is 0 Å². The van der Waals surface area contributed by atoms with Gasteiger partial charge in [0.05, 0.1) is 18.4 Å². The van der Waals surface area contributed by atoms with Gasteiger partial charge < -0.3 is 15.3 Å². The zero-order chi connectivity index (χ0) is 17.8. The Bertz CT molecular complexity index is 640. The number of amides is 2. The minimum atomic E-state index is -0.968. The number of carbonyl (C=O) groups is 3. The average Bonchev–Trinajstić information content (AvgIpc) is 3.24. The lowest BCUT2D eigenvalue weighted by atomic mass is 10.0. The molecule has 2 amide bonds. The minimum absolute atomic E-state index is 0.0431. The van der Waals surface area contributed by atoms with Gasteiger partial charge in [0.25, 0.3) is 0 Å². The predicted octanol–water partition coefficient (Wildman–Crippen LogP) is 2.11. The molecule has 1 aliphatic heterocycles. The van der Waals surface area contributed by atoms with Crippen molar-refractivity contribution >= 4 is 17.8 Å². The highest BCUT2D eigenvalue weighted by molar-refractivity contribution is 5.89. The van der Waals surface area contributed by atoms with Crippen LogP contribution >= 0.6 is 0 Å². The molecule has 6 heteroatoms. The topological polar surface area (TPSA) is 86.7 Å². The summed E-state index contributed by atoms with van der Waals surface area (Å²) in [6.07, 6.45) is 4.36. The minimum Gasteiger partial charge on any atom is -0.481 e. The second-order valence-electron chi connectivity index (χ2n) is 6.96. The molecule has 6 nitrogen and oxygen atoms in total. The van der Waals surface area contributed by atoms with Crippen molar-refractivity contribution in [1.82, 2.24) is 10.2 Å². The van der Waals surface area contributed by atoms with E-state index in [0.717, 1.165) is 31.2 Å². The maximum atomic E-state index is 12.6. The molecule has 2 fully saturated rings. The molecule has 0 radical (unpaired) electrons. The van der Waals surface area contributed by atoms with E-state index in [-0.39, 0.29) is 30.7 Å². The molecular formula is C19H24N2O4. The maximum absolute atomic E-state index is 12.6. The van der Waals surface area contributed by atoms with Crippen LogP contribution in [0.1, 0.15) is 50.1 Å². The third-order valence-electron chi connectivity index (χ3n) is 5.19. The van der Waals surface area contributed by atoms with Crippen LogP contribution in [0.5, 0.6) is 0 Å². The molecular weight excluding hydrogens is 320 g/mol. The van der Waals surface area contributed by atoms with Gasteiger partial charge in [0, 0.05) is 19.0 Å². The number of benzene rings is 1. The van der Waals surface area contributed by atoms with Gasteiger partial charge in [-0.05, 0) is 18.4 Å². The quantitative estimate of drug-likeness (QED) is 0.827. The monoisotopic (exact) mass is 344 g/mol. The number of nitrogens with zero attached hydrogens (tertiary/aromatic N) is 1. The SMILES string of the molecule is O=C(O)C[C@@H](NC(=O)[C@@H]1CC(=O)N(C2CCCC2)C1)c1ccccc1. The second kappa shape index (κ2) is 7.68. The molecule has 2 aliphatic rings. The molecule has 0 spiro atoms. The summed E-state index contributed by atoms with van der Waals surface area (Å²) in [5.74, 6) is -1.55. The fourth-order valence-electron chi connectivity index (χ4n) is 3.88. The molecule has 1 saturated heterocycles. The van der Waals surface area contributed by atoms with Gasteiger partial charge in [-0.15, -0.1) is 0 Å². The molecule has 25 heavy (non-hydrogen) atoms. The van der Waals surface area contributed by atoms with Crippen LogP contribution in [0.4, 0.5) is 0 Å². The van der Waals surface area contributed by atoms with Crippen LogP contribution in [-0.2, 0) is 14.4 Å². The first-order valence-corrected chi connectivity index (χ1v) is 8.91. The Morgan fingerprint density at radius 3 is 2.52 bits per heavy atom. The Balaban J connectivity index is 1.65. The summed E-state index contributed by atoms with van der Waals surface area (Å²) in [5.41, 5.74) is 0.759. The number of hydrogen-bond donors (Lipinski definition) is 2. The molecule has 1 aliphatic carbocycles. The number of rotatable bonds is 6. The Labute approximate surface area is 147 Å². The molecule has 1 aromatic carbocycles. The molecule has 0 unspecified atom stereocenters. The number of carboxylic acids is 1. The number of carbonyl (C=O) groups excluding carboxylic acids is 2. The number of nitrogens with one attached hydrogen (secondary N) is 1. The Hall–Kier alpha value is -2.37. The zero-order valence-electron chi connectivity index (χ0n) is 14.2. The van der Waals surface area contributed by atoms with Crippen LogP contribution in [0, 0.1) is 5.92 Å². The zero-order valence-corrected chi connectivity index (χ0v) is 14.2. The first-order chi connectivity index (χ1) is 12.0. The van der Waals surface area contributed by atoms with Gasteiger partial charge in [0.2, 0.25) is 11.8 Å². The normalized spacial score (nSPS) is 22.2. The van der Waals surface area contributed by atoms with Gasteiger partial charge in [0.1, 0.15) is 0 Å². The van der Waals surface area contributed by atoms with Gasteiger partial charge in [0.15, 0.2) is 0 Å². The van der Waals surface area contributed by atoms with Crippen LogP contribution in [0.25, 0.3) is 0 Å². The van der Waals surface area contributed by atoms with E-state index in [2.05, 4.69) is 5.32 Å². The van der Waals surface area contributed by atoms with E-state index < -0.39 is 17.9 Å². The third-order valence-corrected chi connectivity index (χ3v) is 5.19. The highest BCUT2D eigenvalue weighted by Gasteiger charge is 2.39. The highest BCUT2D eigenvalue weighted by Crippen LogP contribution is 2.30. The van der Waals surface area contributed by atoms with Crippen LogP contribution in [0.15, 0.2) is 30.3 Å². The van der Waals surface area contributed by atoms with Crippen molar-refractivity contribution in [2.24, 2.45) is 5.92 Å². The summed E-state index contributed by atoms with van der Waals surface area (Å²) >= 11 is 0. The van der Waals surface area contributed by atoms with E-state index in [1.807, 2.05) is 23.1 Å². The van der Waals surface area contributed by atoms with Crippen LogP contribution in [0.3, 0.4) is 0 Å². The van der Waals surface area contributed by atoms with E-state index in [9.17, 15) is 14.4 Å². The summed E-state index contributed by atoms with van der Waals surface area (Å²) in [7, 11) is 0. The van der Waals surface area contributed by atoms with E-state index in [4.69, 9.17) is 5.11 Å². The fraction of sp³-hybridized carbons (Fsp3) is 0.526. The summed E-state index contributed by atoms with van der Waals surface area (Å²) in [4.78, 5) is 37.9. The van der Waals surface area contributed by atoms with Crippen molar-refractivity contribution < 1.29 is 19.5 Å². The molecule has 3 rings (SSSR count).